The zero-order chi connectivity index (χ0) is 31.4. The van der Waals surface area contributed by atoms with Crippen LogP contribution in [0.3, 0.4) is 0 Å². The molecule has 0 aromatic rings. The summed E-state index contributed by atoms with van der Waals surface area (Å²) in [5.41, 5.74) is 0. The van der Waals surface area contributed by atoms with Gasteiger partial charge in [0.2, 0.25) is 0 Å². The highest BCUT2D eigenvalue weighted by Gasteiger charge is 2.20. The van der Waals surface area contributed by atoms with Crippen LogP contribution in [0.2, 0.25) is 0 Å². The molecule has 2 unspecified atom stereocenters. The summed E-state index contributed by atoms with van der Waals surface area (Å²) in [4.78, 5) is 24.7. The molecule has 0 rings (SSSR count). The summed E-state index contributed by atoms with van der Waals surface area (Å²) in [6, 6.07) is 0. The van der Waals surface area contributed by atoms with Crippen LogP contribution in [-0.4, -0.2) is 70.7 Å². The van der Waals surface area contributed by atoms with E-state index >= 15 is 0 Å². The summed E-state index contributed by atoms with van der Waals surface area (Å²) in [7, 11) is 1.36. The standard InChI is InChI=1S/C33H68NO7P/c1-6-8-10-12-14-15-16-17-18-19-21-23-25-28-38-30-32(31-40-42(36,37)39-29-27-34(3,4)5)41-33(35)26-24-22-20-13-11-9-7-2/h32H,6-31H2,1-5H3. The van der Waals surface area contributed by atoms with E-state index in [-0.39, 0.29) is 25.8 Å². The Balaban J connectivity index is 4.26. The lowest BCUT2D eigenvalue weighted by atomic mass is 10.0. The zero-order valence-electron chi connectivity index (χ0n) is 28.2. The molecule has 8 nitrogen and oxygen atoms in total. The lowest BCUT2D eigenvalue weighted by Crippen LogP contribution is -2.37. The smallest absolute Gasteiger partial charge is 0.306 e. The summed E-state index contributed by atoms with van der Waals surface area (Å²) < 4.78 is 34.2. The van der Waals surface area contributed by atoms with E-state index in [1.807, 2.05) is 21.1 Å². The second kappa shape index (κ2) is 28.0. The fourth-order valence-corrected chi connectivity index (χ4v) is 5.39. The number of hydrogen-bond donors (Lipinski definition) is 0. The van der Waals surface area contributed by atoms with Gasteiger partial charge >= 0.3 is 5.97 Å². The van der Waals surface area contributed by atoms with Crippen molar-refractivity contribution in [2.24, 2.45) is 0 Å². The molecule has 2 atom stereocenters. The first-order valence-electron chi connectivity index (χ1n) is 17.3. The van der Waals surface area contributed by atoms with Gasteiger partial charge in [-0.05, 0) is 12.8 Å². The van der Waals surface area contributed by atoms with Crippen molar-refractivity contribution in [2.75, 3.05) is 54.1 Å². The molecule has 252 valence electrons. The Kier molecular flexibility index (Phi) is 27.7. The minimum atomic E-state index is -4.50. The van der Waals surface area contributed by atoms with Crippen LogP contribution in [0, 0.1) is 0 Å². The Hall–Kier alpha value is -0.500. The molecule has 0 spiro atoms. The van der Waals surface area contributed by atoms with E-state index in [4.69, 9.17) is 18.5 Å². The molecule has 0 saturated carbocycles. The van der Waals surface area contributed by atoms with E-state index in [1.165, 1.54) is 96.3 Å². The molecule has 9 heteroatoms. The lowest BCUT2D eigenvalue weighted by molar-refractivity contribution is -0.870. The second-order valence-electron chi connectivity index (χ2n) is 12.9. The van der Waals surface area contributed by atoms with Crippen molar-refractivity contribution in [1.82, 2.24) is 0 Å². The van der Waals surface area contributed by atoms with Gasteiger partial charge in [0.25, 0.3) is 7.82 Å². The first kappa shape index (κ1) is 41.5. The maximum absolute atomic E-state index is 12.4. The number of unbranched alkanes of at least 4 members (excludes halogenated alkanes) is 18. The quantitative estimate of drug-likeness (QED) is 0.0322. The molecule has 0 saturated heterocycles. The second-order valence-corrected chi connectivity index (χ2v) is 14.3. The number of carbonyl (C=O) groups excluding carboxylic acids is 1. The number of phosphoric ester groups is 1. The molecular formula is C33H68NO7P. The summed E-state index contributed by atoms with van der Waals surface area (Å²) in [6.45, 7) is 5.38. The molecule has 42 heavy (non-hydrogen) atoms. The van der Waals surface area contributed by atoms with E-state index in [0.717, 1.165) is 32.1 Å². The molecule has 0 amide bonds. The minimum Gasteiger partial charge on any atom is -0.756 e. The predicted molar refractivity (Wildman–Crippen MR) is 171 cm³/mol. The maximum Gasteiger partial charge on any atom is 0.306 e. The first-order chi connectivity index (χ1) is 20.1. The Morgan fingerprint density at radius 3 is 1.57 bits per heavy atom. The fraction of sp³-hybridized carbons (Fsp3) is 0.970. The molecule has 0 aliphatic rings. The van der Waals surface area contributed by atoms with Crippen molar-refractivity contribution in [2.45, 2.75) is 155 Å². The van der Waals surface area contributed by atoms with Crippen molar-refractivity contribution in [1.29, 1.82) is 0 Å². The number of ether oxygens (including phenoxy) is 2. The Bertz CT molecular complexity index is 657. The number of quaternary nitrogens is 1. The molecule has 0 bridgehead atoms. The van der Waals surface area contributed by atoms with Crippen LogP contribution in [0.25, 0.3) is 0 Å². The van der Waals surface area contributed by atoms with E-state index in [1.54, 1.807) is 0 Å². The van der Waals surface area contributed by atoms with Crippen molar-refractivity contribution < 1.29 is 37.3 Å². The SMILES string of the molecule is CCCCCCCCCCCCCCCOCC(COP(=O)([O-])OCC[N+](C)(C)C)OC(=O)CCCCCCCCC. The average Bonchev–Trinajstić information content (AvgIpc) is 2.92. The summed E-state index contributed by atoms with van der Waals surface area (Å²) in [5.74, 6) is -0.339. The van der Waals surface area contributed by atoms with Crippen molar-refractivity contribution in [3.63, 3.8) is 0 Å². The van der Waals surface area contributed by atoms with Crippen molar-refractivity contribution >= 4 is 13.8 Å². The van der Waals surface area contributed by atoms with Gasteiger partial charge in [-0.3, -0.25) is 9.36 Å². The maximum atomic E-state index is 12.4. The number of carbonyl (C=O) groups is 1. The minimum absolute atomic E-state index is 0.0303. The number of nitrogens with zero attached hydrogens (tertiary/aromatic N) is 1. The van der Waals surface area contributed by atoms with Gasteiger partial charge in [0.05, 0.1) is 34.4 Å². The molecule has 0 aliphatic carbocycles. The third-order valence-electron chi connectivity index (χ3n) is 7.41. The zero-order valence-corrected chi connectivity index (χ0v) is 29.1. The van der Waals surface area contributed by atoms with Gasteiger partial charge in [0, 0.05) is 13.0 Å². The summed E-state index contributed by atoms with van der Waals surface area (Å²) in [5, 5.41) is 0. The number of hydrogen-bond acceptors (Lipinski definition) is 7. The van der Waals surface area contributed by atoms with Gasteiger partial charge in [-0.25, -0.2) is 0 Å². The summed E-state index contributed by atoms with van der Waals surface area (Å²) in [6.07, 6.45) is 24.0. The lowest BCUT2D eigenvalue weighted by Gasteiger charge is -2.28. The van der Waals surface area contributed by atoms with E-state index in [0.29, 0.717) is 24.1 Å². The number of likely N-dealkylation sites (N-methyl/N-ethyl adjacent to an activating group) is 1. The molecule has 0 aromatic heterocycles. The van der Waals surface area contributed by atoms with Gasteiger partial charge in [-0.2, -0.15) is 0 Å². The predicted octanol–water partition coefficient (Wildman–Crippen LogP) is 8.35. The fourth-order valence-electron chi connectivity index (χ4n) is 4.66. The van der Waals surface area contributed by atoms with Gasteiger partial charge in [0.15, 0.2) is 0 Å². The molecule has 0 fully saturated rings. The number of esters is 1. The first-order valence-corrected chi connectivity index (χ1v) is 18.7. The highest BCUT2D eigenvalue weighted by atomic mass is 31.2. The van der Waals surface area contributed by atoms with E-state index in [9.17, 15) is 14.3 Å². The number of phosphoric acid groups is 1. The largest absolute Gasteiger partial charge is 0.756 e. The van der Waals surface area contributed by atoms with Crippen LogP contribution in [-0.2, 0) is 27.9 Å². The van der Waals surface area contributed by atoms with Gasteiger partial charge in [-0.1, -0.05) is 129 Å². The van der Waals surface area contributed by atoms with Crippen LogP contribution in [0.1, 0.15) is 149 Å². The highest BCUT2D eigenvalue weighted by Crippen LogP contribution is 2.38. The van der Waals surface area contributed by atoms with Crippen LogP contribution in [0.5, 0.6) is 0 Å². The molecular weight excluding hydrogens is 553 g/mol. The third-order valence-corrected chi connectivity index (χ3v) is 8.37. The van der Waals surface area contributed by atoms with Crippen LogP contribution >= 0.6 is 7.82 Å². The van der Waals surface area contributed by atoms with Gasteiger partial charge < -0.3 is 27.9 Å². The average molecular weight is 622 g/mol. The van der Waals surface area contributed by atoms with E-state index < -0.39 is 13.9 Å². The molecule has 0 radical (unpaired) electrons. The topological polar surface area (TPSA) is 94.1 Å². The molecule has 0 aromatic carbocycles. The monoisotopic (exact) mass is 621 g/mol. The normalized spacial score (nSPS) is 14.1. The summed E-state index contributed by atoms with van der Waals surface area (Å²) >= 11 is 0. The van der Waals surface area contributed by atoms with Crippen molar-refractivity contribution in [3.05, 3.63) is 0 Å². The molecule has 0 aliphatic heterocycles. The van der Waals surface area contributed by atoms with Crippen LogP contribution < -0.4 is 4.89 Å². The molecule has 0 heterocycles. The Morgan fingerprint density at radius 1 is 0.643 bits per heavy atom. The number of rotatable bonds is 32. The van der Waals surface area contributed by atoms with Gasteiger partial charge in [-0.15, -0.1) is 0 Å². The van der Waals surface area contributed by atoms with Crippen LogP contribution in [0.4, 0.5) is 0 Å². The Morgan fingerprint density at radius 2 is 1.10 bits per heavy atom. The third kappa shape index (κ3) is 30.9. The van der Waals surface area contributed by atoms with Crippen molar-refractivity contribution in [3.8, 4) is 0 Å². The Labute approximate surface area is 259 Å². The molecule has 0 N–H and O–H groups in total. The highest BCUT2D eigenvalue weighted by molar-refractivity contribution is 7.45. The van der Waals surface area contributed by atoms with Crippen LogP contribution in [0.15, 0.2) is 0 Å². The van der Waals surface area contributed by atoms with E-state index in [2.05, 4.69) is 13.8 Å². The van der Waals surface area contributed by atoms with Gasteiger partial charge in [0.1, 0.15) is 19.3 Å².